The third-order valence-electron chi connectivity index (χ3n) is 2.42. The Labute approximate surface area is 105 Å². The number of para-hydroxylation sites is 1. The Morgan fingerprint density at radius 3 is 1.94 bits per heavy atom. The minimum atomic E-state index is -0.485. The summed E-state index contributed by atoms with van der Waals surface area (Å²) in [7, 11) is 0. The summed E-state index contributed by atoms with van der Waals surface area (Å²) in [4.78, 5) is 22.4. The molecule has 2 rings (SSSR count). The molecule has 0 amide bonds. The van der Waals surface area contributed by atoms with Gasteiger partial charge in [-0.15, -0.1) is 0 Å². The molecule has 0 radical (unpaired) electrons. The van der Waals surface area contributed by atoms with Crippen molar-refractivity contribution < 1.29 is 14.3 Å². The Kier molecular flexibility index (Phi) is 3.53. The zero-order chi connectivity index (χ0) is 13.0. The first-order chi connectivity index (χ1) is 8.66. The van der Waals surface area contributed by atoms with E-state index in [1.165, 1.54) is 6.92 Å². The van der Waals surface area contributed by atoms with Gasteiger partial charge in [0.1, 0.15) is 11.5 Å². The predicted molar refractivity (Wildman–Crippen MR) is 68.0 cm³/mol. The molecule has 0 aliphatic rings. The highest BCUT2D eigenvalue weighted by Crippen LogP contribution is 2.21. The summed E-state index contributed by atoms with van der Waals surface area (Å²) in [5.41, 5.74) is 0.378. The topological polar surface area (TPSA) is 43.4 Å². The summed E-state index contributed by atoms with van der Waals surface area (Å²) in [6, 6.07) is 15.9. The number of Topliss-reactive ketones (excluding diaryl/α,β-unsaturated/α-hetero) is 2. The first kappa shape index (κ1) is 12.0. The molecule has 90 valence electrons. The van der Waals surface area contributed by atoms with Crippen LogP contribution < -0.4 is 4.74 Å². The SMILES string of the molecule is CC(=O)C(=O)c1ccc(Oc2ccccc2)cc1. The molecule has 18 heavy (non-hydrogen) atoms. The van der Waals surface area contributed by atoms with Crippen LogP contribution in [0.25, 0.3) is 0 Å². The van der Waals surface area contributed by atoms with Crippen molar-refractivity contribution in [1.82, 2.24) is 0 Å². The molecule has 0 spiro atoms. The number of carbonyl (C=O) groups is 2. The lowest BCUT2D eigenvalue weighted by Gasteiger charge is -2.05. The summed E-state index contributed by atoms with van der Waals surface area (Å²) in [6.07, 6.45) is 0. The molecule has 2 aromatic carbocycles. The Hall–Kier alpha value is -2.42. The van der Waals surface area contributed by atoms with Crippen LogP contribution in [0, 0.1) is 0 Å². The van der Waals surface area contributed by atoms with Crippen molar-refractivity contribution >= 4 is 11.6 Å². The van der Waals surface area contributed by atoms with E-state index in [1.807, 2.05) is 30.3 Å². The fourth-order valence-corrected chi connectivity index (χ4v) is 1.50. The molecule has 0 aromatic heterocycles. The summed E-state index contributed by atoms with van der Waals surface area (Å²) in [5, 5.41) is 0. The smallest absolute Gasteiger partial charge is 0.228 e. The van der Waals surface area contributed by atoms with Crippen LogP contribution in [0.3, 0.4) is 0 Å². The van der Waals surface area contributed by atoms with Crippen molar-refractivity contribution in [3.8, 4) is 11.5 Å². The molecule has 0 bridgehead atoms. The maximum absolute atomic E-state index is 11.4. The number of benzene rings is 2. The highest BCUT2D eigenvalue weighted by atomic mass is 16.5. The van der Waals surface area contributed by atoms with Crippen LogP contribution in [0.15, 0.2) is 54.6 Å². The normalized spacial score (nSPS) is 9.83. The lowest BCUT2D eigenvalue weighted by molar-refractivity contribution is -0.113. The van der Waals surface area contributed by atoms with E-state index < -0.39 is 11.6 Å². The van der Waals surface area contributed by atoms with Crippen molar-refractivity contribution in [2.45, 2.75) is 6.92 Å². The molecule has 0 fully saturated rings. The van der Waals surface area contributed by atoms with E-state index >= 15 is 0 Å². The Balaban J connectivity index is 2.13. The molecule has 2 aromatic rings. The van der Waals surface area contributed by atoms with Crippen molar-refractivity contribution in [2.75, 3.05) is 0 Å². The van der Waals surface area contributed by atoms with Gasteiger partial charge in [-0.3, -0.25) is 9.59 Å². The number of hydrogen-bond donors (Lipinski definition) is 0. The average Bonchev–Trinajstić information content (AvgIpc) is 2.40. The third kappa shape index (κ3) is 2.83. The monoisotopic (exact) mass is 240 g/mol. The van der Waals surface area contributed by atoms with Gasteiger partial charge in [-0.05, 0) is 36.4 Å². The second-order valence-corrected chi connectivity index (χ2v) is 3.82. The van der Waals surface area contributed by atoms with Crippen molar-refractivity contribution in [2.24, 2.45) is 0 Å². The van der Waals surface area contributed by atoms with Gasteiger partial charge in [-0.1, -0.05) is 18.2 Å². The number of rotatable bonds is 4. The number of hydrogen-bond acceptors (Lipinski definition) is 3. The van der Waals surface area contributed by atoms with Crippen LogP contribution in [-0.2, 0) is 4.79 Å². The van der Waals surface area contributed by atoms with E-state index in [-0.39, 0.29) is 0 Å². The highest BCUT2D eigenvalue weighted by Gasteiger charge is 2.10. The zero-order valence-corrected chi connectivity index (χ0v) is 9.92. The average molecular weight is 240 g/mol. The number of ketones is 2. The second-order valence-electron chi connectivity index (χ2n) is 3.82. The minimum absolute atomic E-state index is 0.378. The van der Waals surface area contributed by atoms with Gasteiger partial charge in [0.05, 0.1) is 0 Å². The number of ether oxygens (including phenoxy) is 1. The lowest BCUT2D eigenvalue weighted by Crippen LogP contribution is -2.09. The fourth-order valence-electron chi connectivity index (χ4n) is 1.50. The van der Waals surface area contributed by atoms with Gasteiger partial charge < -0.3 is 4.74 Å². The second kappa shape index (κ2) is 5.27. The first-order valence-corrected chi connectivity index (χ1v) is 5.55. The standard InChI is InChI=1S/C15H12O3/c1-11(16)15(17)12-7-9-14(10-8-12)18-13-5-3-2-4-6-13/h2-10H,1H3. The molecule has 0 saturated carbocycles. The molecule has 0 N–H and O–H groups in total. The molecule has 0 aliphatic heterocycles. The highest BCUT2D eigenvalue weighted by molar-refractivity contribution is 6.42. The Bertz CT molecular complexity index is 556. The van der Waals surface area contributed by atoms with E-state index in [2.05, 4.69) is 0 Å². The van der Waals surface area contributed by atoms with Crippen LogP contribution in [0.2, 0.25) is 0 Å². The molecular weight excluding hydrogens is 228 g/mol. The van der Waals surface area contributed by atoms with Crippen molar-refractivity contribution in [3.05, 3.63) is 60.2 Å². The van der Waals surface area contributed by atoms with E-state index in [9.17, 15) is 9.59 Å². The summed E-state index contributed by atoms with van der Waals surface area (Å²) >= 11 is 0. The predicted octanol–water partition coefficient (Wildman–Crippen LogP) is 3.25. The Morgan fingerprint density at radius 1 is 0.833 bits per heavy atom. The maximum Gasteiger partial charge on any atom is 0.228 e. The van der Waals surface area contributed by atoms with E-state index in [1.54, 1.807) is 24.3 Å². The van der Waals surface area contributed by atoms with Gasteiger partial charge >= 0.3 is 0 Å². The zero-order valence-electron chi connectivity index (χ0n) is 9.92. The largest absolute Gasteiger partial charge is 0.457 e. The van der Waals surface area contributed by atoms with Gasteiger partial charge in [-0.25, -0.2) is 0 Å². The summed E-state index contributed by atoms with van der Waals surface area (Å²) in [6.45, 7) is 1.26. The van der Waals surface area contributed by atoms with Gasteiger partial charge in [0.15, 0.2) is 5.78 Å². The number of carbonyl (C=O) groups excluding carboxylic acids is 2. The van der Waals surface area contributed by atoms with Crippen molar-refractivity contribution in [1.29, 1.82) is 0 Å². The van der Waals surface area contributed by atoms with E-state index in [4.69, 9.17) is 4.74 Å². The summed E-state index contributed by atoms with van der Waals surface area (Å²) < 4.78 is 5.58. The Morgan fingerprint density at radius 2 is 1.39 bits per heavy atom. The van der Waals surface area contributed by atoms with Crippen LogP contribution >= 0.6 is 0 Å². The van der Waals surface area contributed by atoms with Gasteiger partial charge in [0.25, 0.3) is 0 Å². The van der Waals surface area contributed by atoms with Crippen LogP contribution in [0.1, 0.15) is 17.3 Å². The summed E-state index contributed by atoms with van der Waals surface area (Å²) in [5.74, 6) is 0.400. The van der Waals surface area contributed by atoms with Crippen LogP contribution in [-0.4, -0.2) is 11.6 Å². The fraction of sp³-hybridized carbons (Fsp3) is 0.0667. The third-order valence-corrected chi connectivity index (χ3v) is 2.42. The molecular formula is C15H12O3. The quantitative estimate of drug-likeness (QED) is 0.608. The van der Waals surface area contributed by atoms with E-state index in [0.717, 1.165) is 5.75 Å². The van der Waals surface area contributed by atoms with Gasteiger partial charge in [-0.2, -0.15) is 0 Å². The molecule has 0 saturated heterocycles. The molecule has 3 heteroatoms. The lowest BCUT2D eigenvalue weighted by atomic mass is 10.1. The van der Waals surface area contributed by atoms with Gasteiger partial charge in [0.2, 0.25) is 5.78 Å². The van der Waals surface area contributed by atoms with Crippen LogP contribution in [0.5, 0.6) is 11.5 Å². The molecule has 0 atom stereocenters. The molecule has 0 aliphatic carbocycles. The van der Waals surface area contributed by atoms with Crippen molar-refractivity contribution in [3.63, 3.8) is 0 Å². The van der Waals surface area contributed by atoms with Gasteiger partial charge in [0, 0.05) is 12.5 Å². The first-order valence-electron chi connectivity index (χ1n) is 5.55. The minimum Gasteiger partial charge on any atom is -0.457 e. The molecule has 0 heterocycles. The maximum atomic E-state index is 11.4. The van der Waals surface area contributed by atoms with Crippen LogP contribution in [0.4, 0.5) is 0 Å². The van der Waals surface area contributed by atoms with E-state index in [0.29, 0.717) is 11.3 Å². The molecule has 3 nitrogen and oxygen atoms in total. The molecule has 0 unspecified atom stereocenters.